The van der Waals surface area contributed by atoms with Gasteiger partial charge in [0.2, 0.25) is 0 Å². The number of fused-ring (bicyclic) bond motifs is 1. The van der Waals surface area contributed by atoms with Gasteiger partial charge in [-0.2, -0.15) is 0 Å². The molecule has 31 heavy (non-hydrogen) atoms. The first-order chi connectivity index (χ1) is 15.0. The van der Waals surface area contributed by atoms with Crippen LogP contribution in [-0.4, -0.2) is 46.0 Å². The summed E-state index contributed by atoms with van der Waals surface area (Å²) in [6, 6.07) is 15.2. The number of nitrogens with one attached hydrogen (secondary N) is 1. The maximum Gasteiger partial charge on any atom is 0.277 e. The van der Waals surface area contributed by atoms with Gasteiger partial charge in [0, 0.05) is 30.3 Å². The minimum Gasteiger partial charge on any atom is -0.384 e. The molecule has 162 valence electrons. The van der Waals surface area contributed by atoms with Gasteiger partial charge in [-0.25, -0.2) is 4.98 Å². The van der Waals surface area contributed by atoms with Crippen molar-refractivity contribution in [2.24, 2.45) is 11.5 Å². The van der Waals surface area contributed by atoms with Gasteiger partial charge in [-0.1, -0.05) is 36.8 Å². The van der Waals surface area contributed by atoms with Crippen LogP contribution in [0.3, 0.4) is 0 Å². The monoisotopic (exact) mass is 418 g/mol. The lowest BCUT2D eigenvalue weighted by molar-refractivity contribution is 0.323. The number of nitrogens with two attached hydrogens (primary N) is 2. The van der Waals surface area contributed by atoms with E-state index in [2.05, 4.69) is 9.88 Å². The van der Waals surface area contributed by atoms with Crippen LogP contribution in [0.4, 0.5) is 0 Å². The Labute approximate surface area is 182 Å². The van der Waals surface area contributed by atoms with E-state index < -0.39 is 0 Å². The summed E-state index contributed by atoms with van der Waals surface area (Å²) < 4.78 is 1.84. The normalized spacial score (nSPS) is 16.7. The number of amidine groups is 1. The van der Waals surface area contributed by atoms with Crippen molar-refractivity contribution in [1.82, 2.24) is 14.5 Å². The second-order valence-electron chi connectivity index (χ2n) is 8.31. The zero-order chi connectivity index (χ0) is 21.8. The molecule has 3 aromatic rings. The van der Waals surface area contributed by atoms with E-state index in [4.69, 9.17) is 16.9 Å². The number of para-hydroxylation sites is 2. The molecule has 2 aromatic carbocycles. The summed E-state index contributed by atoms with van der Waals surface area (Å²) in [5.41, 5.74) is 14.8. The average Bonchev–Trinajstić information content (AvgIpc) is 3.19. The summed E-state index contributed by atoms with van der Waals surface area (Å²) >= 11 is 0. The van der Waals surface area contributed by atoms with Gasteiger partial charge in [-0.3, -0.25) is 10.2 Å². The molecule has 0 radical (unpaired) electrons. The Morgan fingerprint density at radius 1 is 1.10 bits per heavy atom. The van der Waals surface area contributed by atoms with Gasteiger partial charge >= 0.3 is 0 Å². The number of nitrogen functional groups attached to an aromatic ring is 1. The maximum atomic E-state index is 13.4. The number of aromatic nitrogens is 2. The quantitative estimate of drug-likeness (QED) is 0.295. The van der Waals surface area contributed by atoms with Gasteiger partial charge in [-0.05, 0) is 50.6 Å². The lowest BCUT2D eigenvalue weighted by Crippen LogP contribution is -2.27. The molecule has 1 unspecified atom stereocenters. The zero-order valence-corrected chi connectivity index (χ0v) is 17.8. The van der Waals surface area contributed by atoms with Crippen molar-refractivity contribution in [1.29, 1.82) is 5.41 Å². The Morgan fingerprint density at radius 2 is 1.90 bits per heavy atom. The average molecular weight is 419 g/mol. The van der Waals surface area contributed by atoms with Crippen LogP contribution in [0.5, 0.6) is 0 Å². The summed E-state index contributed by atoms with van der Waals surface area (Å²) in [5, 5.41) is 7.69. The number of unbranched alkanes of at least 4 members (excludes halogenated alkanes) is 2. The van der Waals surface area contributed by atoms with E-state index in [0.29, 0.717) is 29.4 Å². The number of benzene rings is 2. The Kier molecular flexibility index (Phi) is 6.44. The highest BCUT2D eigenvalue weighted by Gasteiger charge is 2.18. The standard InChI is InChI=1S/C24H30N6O/c25-19-11-14-29(16-19)12-4-1-5-13-30-21-10-3-2-9-20(21)28-22(24(30)31)17-7-6-8-18(15-17)23(26)27/h2-3,6-10,15,19H,1,4-5,11-14,16,25H2,(H3,26,27). The molecule has 0 bridgehead atoms. The largest absolute Gasteiger partial charge is 0.384 e. The van der Waals surface area contributed by atoms with Crippen LogP contribution in [0.15, 0.2) is 53.3 Å². The second kappa shape index (κ2) is 9.41. The minimum atomic E-state index is -0.107. The molecule has 0 amide bonds. The molecule has 1 aliphatic heterocycles. The van der Waals surface area contributed by atoms with Crippen LogP contribution >= 0.6 is 0 Å². The third kappa shape index (κ3) is 4.84. The van der Waals surface area contributed by atoms with Crippen LogP contribution in [0.25, 0.3) is 22.3 Å². The first kappa shape index (κ1) is 21.2. The van der Waals surface area contributed by atoms with E-state index in [1.807, 2.05) is 34.9 Å². The lowest BCUT2D eigenvalue weighted by atomic mass is 10.1. The molecule has 7 heteroatoms. The highest BCUT2D eigenvalue weighted by molar-refractivity contribution is 5.96. The molecule has 1 aromatic heterocycles. The number of rotatable bonds is 8. The van der Waals surface area contributed by atoms with Gasteiger partial charge in [0.25, 0.3) is 5.56 Å². The van der Waals surface area contributed by atoms with Crippen molar-refractivity contribution in [2.45, 2.75) is 38.3 Å². The Bertz CT molecular complexity index is 1140. The summed E-state index contributed by atoms with van der Waals surface area (Å²) in [6.45, 7) is 3.82. The molecule has 2 heterocycles. The third-order valence-electron chi connectivity index (χ3n) is 5.96. The molecule has 0 aliphatic carbocycles. The predicted octanol–water partition coefficient (Wildman–Crippen LogP) is 2.55. The van der Waals surface area contributed by atoms with Crippen molar-refractivity contribution < 1.29 is 0 Å². The van der Waals surface area contributed by atoms with Crippen LogP contribution in [0.1, 0.15) is 31.2 Å². The smallest absolute Gasteiger partial charge is 0.277 e. The van der Waals surface area contributed by atoms with Crippen LogP contribution in [0, 0.1) is 5.41 Å². The maximum absolute atomic E-state index is 13.4. The van der Waals surface area contributed by atoms with Gasteiger partial charge < -0.3 is 20.9 Å². The first-order valence-electron chi connectivity index (χ1n) is 11.0. The van der Waals surface area contributed by atoms with E-state index in [0.717, 1.165) is 56.4 Å². The van der Waals surface area contributed by atoms with Gasteiger partial charge in [-0.15, -0.1) is 0 Å². The van der Waals surface area contributed by atoms with E-state index >= 15 is 0 Å². The number of aryl methyl sites for hydroxylation is 1. The van der Waals surface area contributed by atoms with Crippen molar-refractivity contribution >= 4 is 16.9 Å². The first-order valence-corrected chi connectivity index (χ1v) is 11.0. The SMILES string of the molecule is N=C(N)c1cccc(-c2nc3ccccc3n(CCCCCN3CCC(N)C3)c2=O)c1. The minimum absolute atomic E-state index is 0.0260. The summed E-state index contributed by atoms with van der Waals surface area (Å²) in [6.07, 6.45) is 4.19. The van der Waals surface area contributed by atoms with Crippen LogP contribution in [0.2, 0.25) is 0 Å². The molecule has 0 spiro atoms. The molecule has 4 rings (SSSR count). The van der Waals surface area contributed by atoms with Crippen molar-refractivity contribution in [3.05, 3.63) is 64.4 Å². The predicted molar refractivity (Wildman–Crippen MR) is 125 cm³/mol. The lowest BCUT2D eigenvalue weighted by Gasteiger charge is -2.15. The number of nitrogens with zero attached hydrogens (tertiary/aromatic N) is 3. The second-order valence-corrected chi connectivity index (χ2v) is 8.31. The molecule has 1 aliphatic rings. The summed E-state index contributed by atoms with van der Waals surface area (Å²) in [7, 11) is 0. The van der Waals surface area contributed by atoms with Crippen LogP contribution in [-0.2, 0) is 6.54 Å². The fraction of sp³-hybridized carbons (Fsp3) is 0.375. The molecule has 1 saturated heterocycles. The topological polar surface area (TPSA) is 114 Å². The number of hydrogen-bond acceptors (Lipinski definition) is 5. The van der Waals surface area contributed by atoms with E-state index in [1.165, 1.54) is 0 Å². The fourth-order valence-electron chi connectivity index (χ4n) is 4.28. The molecule has 1 atom stereocenters. The Hall–Kier alpha value is -3.03. The fourth-order valence-corrected chi connectivity index (χ4v) is 4.28. The van der Waals surface area contributed by atoms with Crippen LogP contribution < -0.4 is 17.0 Å². The summed E-state index contributed by atoms with van der Waals surface area (Å²) in [4.78, 5) is 20.4. The molecule has 0 saturated carbocycles. The number of hydrogen-bond donors (Lipinski definition) is 3. The molecule has 5 N–H and O–H groups in total. The Balaban J connectivity index is 1.55. The van der Waals surface area contributed by atoms with Gasteiger partial charge in [0.15, 0.2) is 0 Å². The summed E-state index contributed by atoms with van der Waals surface area (Å²) in [5.74, 6) is -0.0260. The van der Waals surface area contributed by atoms with Crippen molar-refractivity contribution in [3.63, 3.8) is 0 Å². The zero-order valence-electron chi connectivity index (χ0n) is 17.8. The van der Waals surface area contributed by atoms with Gasteiger partial charge in [0.05, 0.1) is 11.0 Å². The van der Waals surface area contributed by atoms with E-state index in [9.17, 15) is 4.79 Å². The van der Waals surface area contributed by atoms with E-state index in [1.54, 1.807) is 18.2 Å². The molecular weight excluding hydrogens is 388 g/mol. The molecule has 1 fully saturated rings. The highest BCUT2D eigenvalue weighted by atomic mass is 16.1. The van der Waals surface area contributed by atoms with Crippen molar-refractivity contribution in [3.8, 4) is 11.3 Å². The van der Waals surface area contributed by atoms with E-state index in [-0.39, 0.29) is 11.4 Å². The van der Waals surface area contributed by atoms with Crippen molar-refractivity contribution in [2.75, 3.05) is 19.6 Å². The Morgan fingerprint density at radius 3 is 2.68 bits per heavy atom. The molecular formula is C24H30N6O. The third-order valence-corrected chi connectivity index (χ3v) is 5.96. The molecule has 7 nitrogen and oxygen atoms in total. The highest BCUT2D eigenvalue weighted by Crippen LogP contribution is 2.19. The van der Waals surface area contributed by atoms with Gasteiger partial charge in [0.1, 0.15) is 11.5 Å². The number of likely N-dealkylation sites (tertiary alicyclic amines) is 1.